The van der Waals surface area contributed by atoms with E-state index in [1.54, 1.807) is 13.4 Å². The molecule has 100 valence electrons. The minimum atomic E-state index is 0.223. The molecule has 1 unspecified atom stereocenters. The van der Waals surface area contributed by atoms with E-state index in [2.05, 4.69) is 15.3 Å². The molecule has 0 saturated heterocycles. The molecule has 0 amide bonds. The van der Waals surface area contributed by atoms with Gasteiger partial charge in [0, 0.05) is 18.4 Å². The predicted octanol–water partition coefficient (Wildman–Crippen LogP) is 1.13. The third-order valence-corrected chi connectivity index (χ3v) is 3.35. The average Bonchev–Trinajstić information content (AvgIpc) is 2.40. The van der Waals surface area contributed by atoms with Crippen LogP contribution in [0.5, 0.6) is 0 Å². The lowest BCUT2D eigenvalue weighted by Crippen LogP contribution is -2.29. The van der Waals surface area contributed by atoms with Gasteiger partial charge < -0.3 is 15.8 Å². The number of aromatic nitrogens is 2. The molecule has 0 spiro atoms. The summed E-state index contributed by atoms with van der Waals surface area (Å²) in [6.45, 7) is 1.30. The van der Waals surface area contributed by atoms with Crippen LogP contribution < -0.4 is 11.1 Å². The zero-order chi connectivity index (χ0) is 12.8. The minimum Gasteiger partial charge on any atom is -0.383 e. The van der Waals surface area contributed by atoms with Crippen LogP contribution in [0.25, 0.3) is 0 Å². The third kappa shape index (κ3) is 3.17. The van der Waals surface area contributed by atoms with Crippen LogP contribution >= 0.6 is 0 Å². The maximum Gasteiger partial charge on any atom is 0.133 e. The SMILES string of the molecule is COCC(CCN)Nc1ncnc2c1CCCC2. The molecular formula is C13H22N4O. The Labute approximate surface area is 108 Å². The van der Waals surface area contributed by atoms with E-state index < -0.39 is 0 Å². The first-order valence-electron chi connectivity index (χ1n) is 6.63. The van der Waals surface area contributed by atoms with Gasteiger partial charge in [-0.25, -0.2) is 9.97 Å². The zero-order valence-corrected chi connectivity index (χ0v) is 11.0. The number of rotatable bonds is 6. The Balaban J connectivity index is 2.12. The van der Waals surface area contributed by atoms with E-state index in [1.807, 2.05) is 0 Å². The van der Waals surface area contributed by atoms with Crippen molar-refractivity contribution in [2.45, 2.75) is 38.1 Å². The monoisotopic (exact) mass is 250 g/mol. The van der Waals surface area contributed by atoms with E-state index in [0.29, 0.717) is 13.2 Å². The van der Waals surface area contributed by atoms with Crippen LogP contribution in [0, 0.1) is 0 Å². The van der Waals surface area contributed by atoms with Crippen molar-refractivity contribution in [3.63, 3.8) is 0 Å². The molecule has 0 aliphatic heterocycles. The lowest BCUT2D eigenvalue weighted by atomic mass is 9.96. The number of hydrogen-bond acceptors (Lipinski definition) is 5. The van der Waals surface area contributed by atoms with Gasteiger partial charge in [-0.15, -0.1) is 0 Å². The van der Waals surface area contributed by atoms with Gasteiger partial charge in [0.15, 0.2) is 0 Å². The smallest absolute Gasteiger partial charge is 0.133 e. The van der Waals surface area contributed by atoms with Crippen LogP contribution in [-0.2, 0) is 17.6 Å². The van der Waals surface area contributed by atoms with Crippen molar-refractivity contribution in [2.24, 2.45) is 5.73 Å². The quantitative estimate of drug-likeness (QED) is 0.792. The van der Waals surface area contributed by atoms with Gasteiger partial charge in [0.25, 0.3) is 0 Å². The largest absolute Gasteiger partial charge is 0.383 e. The maximum atomic E-state index is 5.62. The summed E-state index contributed by atoms with van der Waals surface area (Å²) < 4.78 is 5.21. The number of nitrogens with zero attached hydrogens (tertiary/aromatic N) is 2. The van der Waals surface area contributed by atoms with Gasteiger partial charge >= 0.3 is 0 Å². The molecule has 5 nitrogen and oxygen atoms in total. The summed E-state index contributed by atoms with van der Waals surface area (Å²) in [4.78, 5) is 8.75. The van der Waals surface area contributed by atoms with Crippen LogP contribution in [0.1, 0.15) is 30.5 Å². The molecule has 1 heterocycles. The molecule has 0 fully saturated rings. The van der Waals surface area contributed by atoms with Crippen molar-refractivity contribution in [1.29, 1.82) is 0 Å². The van der Waals surface area contributed by atoms with Gasteiger partial charge in [0.05, 0.1) is 12.6 Å². The summed E-state index contributed by atoms with van der Waals surface area (Å²) in [7, 11) is 1.71. The Morgan fingerprint density at radius 1 is 1.39 bits per heavy atom. The molecule has 3 N–H and O–H groups in total. The fraction of sp³-hybridized carbons (Fsp3) is 0.692. The van der Waals surface area contributed by atoms with E-state index in [0.717, 1.165) is 25.1 Å². The Morgan fingerprint density at radius 2 is 2.22 bits per heavy atom. The molecule has 18 heavy (non-hydrogen) atoms. The number of nitrogens with two attached hydrogens (primary N) is 1. The molecule has 1 aliphatic rings. The Kier molecular flexibility index (Phi) is 4.90. The third-order valence-electron chi connectivity index (χ3n) is 3.35. The van der Waals surface area contributed by atoms with Crippen molar-refractivity contribution in [3.05, 3.63) is 17.6 Å². The second kappa shape index (κ2) is 6.66. The molecule has 2 rings (SSSR count). The summed E-state index contributed by atoms with van der Waals surface area (Å²) in [5.74, 6) is 0.968. The van der Waals surface area contributed by atoms with Crippen LogP contribution in [0.4, 0.5) is 5.82 Å². The number of ether oxygens (including phenoxy) is 1. The van der Waals surface area contributed by atoms with Crippen molar-refractivity contribution >= 4 is 5.82 Å². The molecule has 1 atom stereocenters. The first-order chi connectivity index (χ1) is 8.85. The maximum absolute atomic E-state index is 5.62. The van der Waals surface area contributed by atoms with Gasteiger partial charge in [-0.1, -0.05) is 0 Å². The Bertz CT molecular complexity index is 377. The van der Waals surface area contributed by atoms with Crippen LogP contribution in [-0.4, -0.2) is 36.3 Å². The summed E-state index contributed by atoms with van der Waals surface area (Å²) >= 11 is 0. The summed E-state index contributed by atoms with van der Waals surface area (Å²) in [6.07, 6.45) is 7.12. The molecule has 0 saturated carbocycles. The van der Waals surface area contributed by atoms with Crippen molar-refractivity contribution in [2.75, 3.05) is 25.6 Å². The normalized spacial score (nSPS) is 16.1. The highest BCUT2D eigenvalue weighted by molar-refractivity contribution is 5.47. The summed E-state index contributed by atoms with van der Waals surface area (Å²) in [5, 5.41) is 3.45. The number of hydrogen-bond donors (Lipinski definition) is 2. The van der Waals surface area contributed by atoms with E-state index in [4.69, 9.17) is 10.5 Å². The fourth-order valence-electron chi connectivity index (χ4n) is 2.44. The van der Waals surface area contributed by atoms with Gasteiger partial charge in [-0.2, -0.15) is 0 Å². The highest BCUT2D eigenvalue weighted by atomic mass is 16.5. The number of methoxy groups -OCH3 is 1. The molecule has 1 aromatic heterocycles. The number of anilines is 1. The van der Waals surface area contributed by atoms with Gasteiger partial charge in [0.2, 0.25) is 0 Å². The Hall–Kier alpha value is -1.20. The van der Waals surface area contributed by atoms with Crippen molar-refractivity contribution in [3.8, 4) is 0 Å². The Morgan fingerprint density at radius 3 is 3.00 bits per heavy atom. The summed E-state index contributed by atoms with van der Waals surface area (Å²) in [5.41, 5.74) is 8.10. The number of nitrogens with one attached hydrogen (secondary N) is 1. The first-order valence-corrected chi connectivity index (χ1v) is 6.63. The highest BCUT2D eigenvalue weighted by Gasteiger charge is 2.17. The first kappa shape index (κ1) is 13.2. The molecule has 1 aliphatic carbocycles. The predicted molar refractivity (Wildman–Crippen MR) is 71.6 cm³/mol. The number of fused-ring (bicyclic) bond motifs is 1. The van der Waals surface area contributed by atoms with Crippen molar-refractivity contribution < 1.29 is 4.74 Å². The average molecular weight is 250 g/mol. The standard InChI is InChI=1S/C13H22N4O/c1-18-8-10(6-7-14)17-13-11-4-2-3-5-12(11)15-9-16-13/h9-10H,2-8,14H2,1H3,(H,15,16,17). The summed E-state index contributed by atoms with van der Waals surface area (Å²) in [6, 6.07) is 0.223. The lowest BCUT2D eigenvalue weighted by Gasteiger charge is -2.22. The zero-order valence-electron chi connectivity index (χ0n) is 11.0. The molecule has 1 aromatic rings. The second-order valence-corrected chi connectivity index (χ2v) is 4.73. The molecular weight excluding hydrogens is 228 g/mol. The molecule has 0 radical (unpaired) electrons. The van der Waals surface area contributed by atoms with Gasteiger partial charge in [-0.05, 0) is 38.6 Å². The minimum absolute atomic E-state index is 0.223. The van der Waals surface area contributed by atoms with E-state index in [1.165, 1.54) is 24.1 Å². The lowest BCUT2D eigenvalue weighted by molar-refractivity contribution is 0.183. The van der Waals surface area contributed by atoms with E-state index in [-0.39, 0.29) is 6.04 Å². The molecule has 0 bridgehead atoms. The highest BCUT2D eigenvalue weighted by Crippen LogP contribution is 2.24. The molecule has 0 aromatic carbocycles. The topological polar surface area (TPSA) is 73.1 Å². The van der Waals surface area contributed by atoms with Crippen LogP contribution in [0.3, 0.4) is 0 Å². The van der Waals surface area contributed by atoms with E-state index >= 15 is 0 Å². The van der Waals surface area contributed by atoms with Crippen LogP contribution in [0.15, 0.2) is 6.33 Å². The van der Waals surface area contributed by atoms with Gasteiger partial charge in [-0.3, -0.25) is 0 Å². The molecule has 5 heteroatoms. The van der Waals surface area contributed by atoms with Gasteiger partial charge in [0.1, 0.15) is 12.1 Å². The fourth-order valence-corrected chi connectivity index (χ4v) is 2.44. The number of aryl methyl sites for hydroxylation is 1. The van der Waals surface area contributed by atoms with Crippen molar-refractivity contribution in [1.82, 2.24) is 9.97 Å². The second-order valence-electron chi connectivity index (χ2n) is 4.73. The van der Waals surface area contributed by atoms with Crippen LogP contribution in [0.2, 0.25) is 0 Å². The van der Waals surface area contributed by atoms with E-state index in [9.17, 15) is 0 Å².